The lowest BCUT2D eigenvalue weighted by Gasteiger charge is -1.91. The Balaban J connectivity index is 0.000001000. The van der Waals surface area contributed by atoms with Gasteiger partial charge in [0.15, 0.2) is 5.96 Å². The largest absolute Gasteiger partial charge is 0.370 e. The van der Waals surface area contributed by atoms with Crippen molar-refractivity contribution in [2.45, 2.75) is 32.2 Å². The Morgan fingerprint density at radius 3 is 2.64 bits per heavy atom. The number of hydrogen-bond acceptors (Lipinski definition) is 1. The highest BCUT2D eigenvalue weighted by molar-refractivity contribution is 14.0. The Kier molecular flexibility index (Phi) is 4.79. The van der Waals surface area contributed by atoms with E-state index in [1.165, 1.54) is 19.3 Å². The second-order valence-corrected chi connectivity index (χ2v) is 2.91. The molecule has 0 aromatic rings. The SMILES string of the molecule is CCC[C@@H]1C[C@H]1N=C(N)N.I. The summed E-state index contributed by atoms with van der Waals surface area (Å²) in [4.78, 5) is 4.06. The molecule has 0 amide bonds. The van der Waals surface area contributed by atoms with Crippen molar-refractivity contribution in [3.8, 4) is 0 Å². The number of rotatable bonds is 3. The average Bonchev–Trinajstić information content (AvgIpc) is 2.47. The van der Waals surface area contributed by atoms with Gasteiger partial charge >= 0.3 is 0 Å². The van der Waals surface area contributed by atoms with Crippen LogP contribution in [0.25, 0.3) is 0 Å². The zero-order chi connectivity index (χ0) is 7.56. The van der Waals surface area contributed by atoms with Crippen LogP contribution in [0.4, 0.5) is 0 Å². The van der Waals surface area contributed by atoms with Crippen LogP contribution in [0.3, 0.4) is 0 Å². The van der Waals surface area contributed by atoms with Gasteiger partial charge in [0.1, 0.15) is 0 Å². The Labute approximate surface area is 84.6 Å². The minimum absolute atomic E-state index is 0. The maximum atomic E-state index is 5.22. The van der Waals surface area contributed by atoms with E-state index in [0.29, 0.717) is 6.04 Å². The zero-order valence-electron chi connectivity index (χ0n) is 6.79. The van der Waals surface area contributed by atoms with E-state index in [-0.39, 0.29) is 29.9 Å². The smallest absolute Gasteiger partial charge is 0.186 e. The van der Waals surface area contributed by atoms with Crippen molar-refractivity contribution in [1.82, 2.24) is 0 Å². The van der Waals surface area contributed by atoms with Gasteiger partial charge in [-0.2, -0.15) is 0 Å². The van der Waals surface area contributed by atoms with Gasteiger partial charge in [-0.15, -0.1) is 24.0 Å². The number of nitrogens with two attached hydrogens (primary N) is 2. The third-order valence-corrected chi connectivity index (χ3v) is 1.86. The zero-order valence-corrected chi connectivity index (χ0v) is 9.12. The van der Waals surface area contributed by atoms with E-state index in [0.717, 1.165) is 5.92 Å². The monoisotopic (exact) mass is 269 g/mol. The molecule has 0 saturated heterocycles. The van der Waals surface area contributed by atoms with Crippen molar-refractivity contribution in [1.29, 1.82) is 0 Å². The number of hydrogen-bond donors (Lipinski definition) is 2. The third kappa shape index (κ3) is 3.79. The van der Waals surface area contributed by atoms with E-state index in [1.807, 2.05) is 0 Å². The summed E-state index contributed by atoms with van der Waals surface area (Å²) in [5, 5.41) is 0. The van der Waals surface area contributed by atoms with Crippen LogP contribution in [-0.2, 0) is 0 Å². The van der Waals surface area contributed by atoms with Gasteiger partial charge in [0, 0.05) is 0 Å². The molecular formula is C7H16IN3. The fraction of sp³-hybridized carbons (Fsp3) is 0.857. The molecule has 1 fully saturated rings. The molecule has 4 heteroatoms. The first-order valence-electron chi connectivity index (χ1n) is 3.82. The van der Waals surface area contributed by atoms with Crippen LogP contribution in [0.1, 0.15) is 26.2 Å². The predicted molar refractivity (Wildman–Crippen MR) is 58.0 cm³/mol. The first-order chi connectivity index (χ1) is 4.74. The molecule has 0 aliphatic heterocycles. The molecule has 1 saturated carbocycles. The topological polar surface area (TPSA) is 64.4 Å². The van der Waals surface area contributed by atoms with Crippen LogP contribution in [-0.4, -0.2) is 12.0 Å². The highest BCUT2D eigenvalue weighted by Crippen LogP contribution is 2.37. The molecule has 1 aliphatic rings. The summed E-state index contributed by atoms with van der Waals surface area (Å²) in [5.41, 5.74) is 10.4. The quantitative estimate of drug-likeness (QED) is 0.457. The maximum Gasteiger partial charge on any atom is 0.186 e. The van der Waals surface area contributed by atoms with E-state index in [1.54, 1.807) is 0 Å². The Hall–Kier alpha value is 0. The van der Waals surface area contributed by atoms with Gasteiger partial charge in [-0.25, -0.2) is 0 Å². The predicted octanol–water partition coefficient (Wildman–Crippen LogP) is 1.07. The van der Waals surface area contributed by atoms with Gasteiger partial charge in [0.2, 0.25) is 0 Å². The van der Waals surface area contributed by atoms with E-state index >= 15 is 0 Å². The van der Waals surface area contributed by atoms with Gasteiger partial charge < -0.3 is 11.5 Å². The van der Waals surface area contributed by atoms with Gasteiger partial charge in [0.25, 0.3) is 0 Å². The highest BCUT2D eigenvalue weighted by Gasteiger charge is 2.35. The molecule has 0 spiro atoms. The molecule has 0 bridgehead atoms. The first-order valence-corrected chi connectivity index (χ1v) is 3.82. The van der Waals surface area contributed by atoms with Crippen molar-refractivity contribution in [3.63, 3.8) is 0 Å². The lowest BCUT2D eigenvalue weighted by Crippen LogP contribution is -2.23. The average molecular weight is 269 g/mol. The van der Waals surface area contributed by atoms with Gasteiger partial charge in [0.05, 0.1) is 6.04 Å². The Morgan fingerprint density at radius 1 is 1.55 bits per heavy atom. The van der Waals surface area contributed by atoms with Crippen molar-refractivity contribution < 1.29 is 0 Å². The summed E-state index contributed by atoms with van der Waals surface area (Å²) >= 11 is 0. The summed E-state index contributed by atoms with van der Waals surface area (Å²) in [7, 11) is 0. The number of guanidine groups is 1. The normalized spacial score (nSPS) is 27.0. The molecule has 1 rings (SSSR count). The summed E-state index contributed by atoms with van der Waals surface area (Å²) in [5.74, 6) is 1.01. The lowest BCUT2D eigenvalue weighted by molar-refractivity contribution is 0.683. The van der Waals surface area contributed by atoms with Crippen LogP contribution in [0.15, 0.2) is 4.99 Å². The molecule has 0 aromatic carbocycles. The molecule has 11 heavy (non-hydrogen) atoms. The first kappa shape index (κ1) is 11.0. The van der Waals surface area contributed by atoms with Gasteiger partial charge in [-0.1, -0.05) is 13.3 Å². The summed E-state index contributed by atoms with van der Waals surface area (Å²) in [6.07, 6.45) is 3.69. The van der Waals surface area contributed by atoms with E-state index < -0.39 is 0 Å². The van der Waals surface area contributed by atoms with Gasteiger partial charge in [-0.05, 0) is 18.8 Å². The molecule has 4 N–H and O–H groups in total. The minimum Gasteiger partial charge on any atom is -0.370 e. The molecule has 0 aromatic heterocycles. The molecule has 0 unspecified atom stereocenters. The lowest BCUT2D eigenvalue weighted by atomic mass is 10.2. The summed E-state index contributed by atoms with van der Waals surface area (Å²) in [6, 6.07) is 0.449. The second kappa shape index (κ2) is 4.79. The van der Waals surface area contributed by atoms with Crippen molar-refractivity contribution in [2.24, 2.45) is 22.4 Å². The highest BCUT2D eigenvalue weighted by atomic mass is 127. The van der Waals surface area contributed by atoms with E-state index in [2.05, 4.69) is 11.9 Å². The number of nitrogens with zero attached hydrogens (tertiary/aromatic N) is 1. The fourth-order valence-electron chi connectivity index (χ4n) is 1.26. The van der Waals surface area contributed by atoms with E-state index in [9.17, 15) is 0 Å². The summed E-state index contributed by atoms with van der Waals surface area (Å²) in [6.45, 7) is 2.19. The van der Waals surface area contributed by atoms with Crippen molar-refractivity contribution >= 4 is 29.9 Å². The van der Waals surface area contributed by atoms with E-state index in [4.69, 9.17) is 11.5 Å². The van der Waals surface area contributed by atoms with Crippen LogP contribution < -0.4 is 11.5 Å². The molecule has 0 heterocycles. The standard InChI is InChI=1S/C7H15N3.HI/c1-2-3-5-4-6(5)10-7(8)9;/h5-6H,2-4H2,1H3,(H4,8,9,10);1H/t5-,6-;/m1./s1. The second-order valence-electron chi connectivity index (χ2n) is 2.91. The van der Waals surface area contributed by atoms with Crippen LogP contribution in [0.2, 0.25) is 0 Å². The molecule has 2 atom stereocenters. The Bertz CT molecular complexity index is 143. The number of aliphatic imine (C=N–C) groups is 1. The maximum absolute atomic E-state index is 5.22. The van der Waals surface area contributed by atoms with Gasteiger partial charge in [-0.3, -0.25) is 4.99 Å². The minimum atomic E-state index is 0. The summed E-state index contributed by atoms with van der Waals surface area (Å²) < 4.78 is 0. The van der Waals surface area contributed by atoms with Crippen molar-refractivity contribution in [3.05, 3.63) is 0 Å². The Morgan fingerprint density at radius 2 is 2.18 bits per heavy atom. The van der Waals surface area contributed by atoms with Crippen LogP contribution in [0, 0.1) is 5.92 Å². The third-order valence-electron chi connectivity index (χ3n) is 1.86. The molecule has 0 radical (unpaired) electrons. The molecule has 66 valence electrons. The van der Waals surface area contributed by atoms with Crippen LogP contribution in [0.5, 0.6) is 0 Å². The van der Waals surface area contributed by atoms with Crippen LogP contribution >= 0.6 is 24.0 Å². The molecule has 1 aliphatic carbocycles. The molecular weight excluding hydrogens is 253 g/mol. The number of halogens is 1. The fourth-order valence-corrected chi connectivity index (χ4v) is 1.26. The van der Waals surface area contributed by atoms with Crippen molar-refractivity contribution in [2.75, 3.05) is 0 Å². The molecule has 3 nitrogen and oxygen atoms in total.